The van der Waals surface area contributed by atoms with Crippen molar-refractivity contribution in [3.05, 3.63) is 42.0 Å². The van der Waals surface area contributed by atoms with Gasteiger partial charge in [-0.2, -0.15) is 0 Å². The molecule has 2 aliphatic rings. The summed E-state index contributed by atoms with van der Waals surface area (Å²) in [5.41, 5.74) is 0.785. The molecule has 3 rings (SSSR count). The number of hydrogen-bond acceptors (Lipinski definition) is 6. The number of imide groups is 1. The monoisotopic (exact) mass is 400 g/mol. The number of rotatable bonds is 7. The number of fused-ring (bicyclic) bond motifs is 1. The molecule has 154 valence electrons. The number of benzene rings is 1. The van der Waals surface area contributed by atoms with Gasteiger partial charge in [0, 0.05) is 12.1 Å². The van der Waals surface area contributed by atoms with Crippen molar-refractivity contribution in [2.45, 2.75) is 32.4 Å². The van der Waals surface area contributed by atoms with E-state index in [1.165, 1.54) is 14.0 Å². The summed E-state index contributed by atoms with van der Waals surface area (Å²) in [4.78, 5) is 50.4. The highest BCUT2D eigenvalue weighted by molar-refractivity contribution is 6.08. The van der Waals surface area contributed by atoms with Crippen LogP contribution in [-0.2, 0) is 30.5 Å². The Hall–Kier alpha value is -3.16. The highest BCUT2D eigenvalue weighted by atomic mass is 16.5. The lowest BCUT2D eigenvalue weighted by Gasteiger charge is -2.21. The maximum atomic E-state index is 12.5. The number of nitrogens with one attached hydrogen (secondary N) is 1. The first kappa shape index (κ1) is 20.6. The number of carbonyl (C=O) groups is 4. The van der Waals surface area contributed by atoms with E-state index in [4.69, 9.17) is 9.47 Å². The Bertz CT molecular complexity index is 823. The maximum Gasteiger partial charge on any atom is 0.329 e. The molecule has 0 unspecified atom stereocenters. The van der Waals surface area contributed by atoms with Crippen LogP contribution in [0.25, 0.3) is 0 Å². The van der Waals surface area contributed by atoms with Gasteiger partial charge < -0.3 is 14.8 Å². The third kappa shape index (κ3) is 4.31. The molecule has 1 saturated heterocycles. The minimum absolute atomic E-state index is 0.218. The average Bonchev–Trinajstić information content (AvgIpc) is 3.00. The van der Waals surface area contributed by atoms with E-state index in [1.807, 2.05) is 30.4 Å². The van der Waals surface area contributed by atoms with Gasteiger partial charge in [0.2, 0.25) is 11.8 Å². The summed E-state index contributed by atoms with van der Waals surface area (Å²) < 4.78 is 10.2. The molecule has 1 heterocycles. The average molecular weight is 400 g/mol. The van der Waals surface area contributed by atoms with E-state index in [2.05, 4.69) is 5.32 Å². The lowest BCUT2D eigenvalue weighted by atomic mass is 9.85. The van der Waals surface area contributed by atoms with Crippen LogP contribution in [0.15, 0.2) is 36.4 Å². The lowest BCUT2D eigenvalue weighted by Crippen LogP contribution is -2.45. The van der Waals surface area contributed by atoms with Gasteiger partial charge in [0.05, 0.1) is 18.9 Å². The fourth-order valence-corrected chi connectivity index (χ4v) is 3.66. The normalized spacial score (nSPS) is 21.5. The fourth-order valence-electron chi connectivity index (χ4n) is 3.66. The summed E-state index contributed by atoms with van der Waals surface area (Å²) in [6.45, 7) is 1.16. The van der Waals surface area contributed by atoms with E-state index in [1.54, 1.807) is 6.07 Å². The Kier molecular flexibility index (Phi) is 6.31. The van der Waals surface area contributed by atoms with E-state index in [0.717, 1.165) is 10.5 Å². The Morgan fingerprint density at radius 1 is 1.14 bits per heavy atom. The molecular formula is C21H24N2O6. The molecule has 0 aromatic heterocycles. The molecular weight excluding hydrogens is 376 g/mol. The number of nitrogens with zero attached hydrogens (tertiary/aromatic N) is 1. The second-order valence-electron chi connectivity index (χ2n) is 7.07. The molecule has 3 amide bonds. The molecule has 0 radical (unpaired) electrons. The summed E-state index contributed by atoms with van der Waals surface area (Å²) in [7, 11) is 1.54. The summed E-state index contributed by atoms with van der Waals surface area (Å²) in [6, 6.07) is 6.16. The Morgan fingerprint density at radius 2 is 1.76 bits per heavy atom. The summed E-state index contributed by atoms with van der Waals surface area (Å²) in [5.74, 6) is -2.16. The number of amides is 3. The van der Waals surface area contributed by atoms with Crippen molar-refractivity contribution in [2.75, 3.05) is 13.7 Å². The van der Waals surface area contributed by atoms with Gasteiger partial charge in [0.15, 0.2) is 6.61 Å². The van der Waals surface area contributed by atoms with Crippen LogP contribution >= 0.6 is 0 Å². The van der Waals surface area contributed by atoms with Crippen LogP contribution < -0.4 is 10.1 Å². The first-order valence-corrected chi connectivity index (χ1v) is 9.51. The molecule has 1 aromatic carbocycles. The highest BCUT2D eigenvalue weighted by Crippen LogP contribution is 2.36. The highest BCUT2D eigenvalue weighted by Gasteiger charge is 2.50. The molecule has 3 atom stereocenters. The van der Waals surface area contributed by atoms with E-state index in [-0.39, 0.29) is 18.4 Å². The van der Waals surface area contributed by atoms with Gasteiger partial charge in [-0.25, -0.2) is 4.79 Å². The van der Waals surface area contributed by atoms with Crippen LogP contribution in [0.2, 0.25) is 0 Å². The van der Waals surface area contributed by atoms with Gasteiger partial charge >= 0.3 is 5.97 Å². The van der Waals surface area contributed by atoms with Crippen molar-refractivity contribution in [3.63, 3.8) is 0 Å². The smallest absolute Gasteiger partial charge is 0.329 e. The Morgan fingerprint density at radius 3 is 2.38 bits per heavy atom. The van der Waals surface area contributed by atoms with Gasteiger partial charge in [-0.15, -0.1) is 0 Å². The zero-order valence-corrected chi connectivity index (χ0v) is 16.4. The molecule has 0 saturated carbocycles. The van der Waals surface area contributed by atoms with Crippen molar-refractivity contribution < 1.29 is 28.7 Å². The van der Waals surface area contributed by atoms with Gasteiger partial charge in [0.1, 0.15) is 11.8 Å². The predicted molar refractivity (Wildman–Crippen MR) is 102 cm³/mol. The zero-order valence-electron chi connectivity index (χ0n) is 16.4. The number of esters is 1. The van der Waals surface area contributed by atoms with Crippen molar-refractivity contribution >= 4 is 23.7 Å². The molecule has 1 aliphatic heterocycles. The van der Waals surface area contributed by atoms with Gasteiger partial charge in [0.25, 0.3) is 5.91 Å². The number of carbonyl (C=O) groups excluding carboxylic acids is 4. The Labute approximate surface area is 168 Å². The first-order chi connectivity index (χ1) is 13.9. The molecule has 29 heavy (non-hydrogen) atoms. The molecule has 8 heteroatoms. The number of allylic oxidation sites excluding steroid dienone is 2. The van der Waals surface area contributed by atoms with Crippen LogP contribution in [0.3, 0.4) is 0 Å². The molecule has 1 aromatic rings. The topological polar surface area (TPSA) is 102 Å². The second kappa shape index (κ2) is 8.89. The minimum Gasteiger partial charge on any atom is -0.496 e. The maximum absolute atomic E-state index is 12.5. The molecule has 0 spiro atoms. The standard InChI is InChI=1S/C21H24N2O6/c1-13(23-19(25)15-8-4-5-9-16(15)20(23)26)21(27)29-12-18(24)22-11-14-7-3-6-10-17(14)28-2/h3-7,10,13,15-16H,8-9,11-12H2,1-2H3,(H,22,24)/t13-,15+,16+/m0/s1. The number of ether oxygens (including phenoxy) is 2. The van der Waals surface area contributed by atoms with Crippen LogP contribution in [-0.4, -0.2) is 48.3 Å². The summed E-state index contributed by atoms with van der Waals surface area (Å²) in [6.07, 6.45) is 4.76. The van der Waals surface area contributed by atoms with Crippen molar-refractivity contribution in [2.24, 2.45) is 11.8 Å². The van der Waals surface area contributed by atoms with Crippen molar-refractivity contribution in [1.29, 1.82) is 0 Å². The molecule has 0 bridgehead atoms. The first-order valence-electron chi connectivity index (χ1n) is 9.51. The summed E-state index contributed by atoms with van der Waals surface area (Å²) in [5, 5.41) is 2.64. The number of para-hydroxylation sites is 1. The van der Waals surface area contributed by atoms with E-state index < -0.39 is 36.4 Å². The molecule has 1 N–H and O–H groups in total. The third-order valence-electron chi connectivity index (χ3n) is 5.28. The van der Waals surface area contributed by atoms with E-state index >= 15 is 0 Å². The second-order valence-corrected chi connectivity index (χ2v) is 7.07. The van der Waals surface area contributed by atoms with Gasteiger partial charge in [-0.05, 0) is 25.8 Å². The largest absolute Gasteiger partial charge is 0.496 e. The molecule has 8 nitrogen and oxygen atoms in total. The number of methoxy groups -OCH3 is 1. The molecule has 1 fully saturated rings. The van der Waals surface area contributed by atoms with E-state index in [0.29, 0.717) is 18.6 Å². The van der Waals surface area contributed by atoms with Crippen LogP contribution in [0.4, 0.5) is 0 Å². The lowest BCUT2D eigenvalue weighted by molar-refractivity contribution is -0.159. The third-order valence-corrected chi connectivity index (χ3v) is 5.28. The SMILES string of the molecule is COc1ccccc1CNC(=O)COC(=O)[C@H](C)N1C(=O)[C@@H]2CC=CC[C@H]2C1=O. The zero-order chi connectivity index (χ0) is 21.0. The van der Waals surface area contributed by atoms with E-state index in [9.17, 15) is 19.2 Å². The van der Waals surface area contributed by atoms with Crippen LogP contribution in [0.5, 0.6) is 5.75 Å². The molecule has 1 aliphatic carbocycles. The summed E-state index contributed by atoms with van der Waals surface area (Å²) >= 11 is 0. The number of likely N-dealkylation sites (tertiary alicyclic amines) is 1. The van der Waals surface area contributed by atoms with Gasteiger partial charge in [-0.3, -0.25) is 19.3 Å². The van der Waals surface area contributed by atoms with Gasteiger partial charge in [-0.1, -0.05) is 30.4 Å². The van der Waals surface area contributed by atoms with Crippen LogP contribution in [0, 0.1) is 11.8 Å². The number of hydrogen-bond donors (Lipinski definition) is 1. The minimum atomic E-state index is -1.07. The predicted octanol–water partition coefficient (Wildman–Crippen LogP) is 1.19. The van der Waals surface area contributed by atoms with Crippen molar-refractivity contribution in [3.8, 4) is 5.75 Å². The van der Waals surface area contributed by atoms with Crippen LogP contribution in [0.1, 0.15) is 25.3 Å². The quantitative estimate of drug-likeness (QED) is 0.419. The van der Waals surface area contributed by atoms with Crippen molar-refractivity contribution in [1.82, 2.24) is 10.2 Å². The fraction of sp³-hybridized carbons (Fsp3) is 0.429. The Balaban J connectivity index is 1.50.